The molecule has 1 aliphatic rings. The number of rotatable bonds is 2. The van der Waals surface area contributed by atoms with Crippen LogP contribution in [0.3, 0.4) is 0 Å². The lowest BCUT2D eigenvalue weighted by Crippen LogP contribution is -2.64. The predicted octanol–water partition coefficient (Wildman–Crippen LogP) is -0.804. The second-order valence-corrected chi connectivity index (χ2v) is 3.01. The summed E-state index contributed by atoms with van der Waals surface area (Å²) >= 11 is 0. The number of dihydropyridines is 1. The van der Waals surface area contributed by atoms with Gasteiger partial charge in [0.15, 0.2) is 5.79 Å². The second-order valence-electron chi connectivity index (χ2n) is 3.01. The molecule has 1 heterocycles. The average Bonchev–Trinajstić information content (AvgIpc) is 2.05. The summed E-state index contributed by atoms with van der Waals surface area (Å²) < 4.78 is 0. The minimum absolute atomic E-state index is 0.0357. The highest BCUT2D eigenvalue weighted by Crippen LogP contribution is 2.15. The maximum Gasteiger partial charge on any atom is 0.168 e. The van der Waals surface area contributed by atoms with E-state index in [0.717, 1.165) is 5.57 Å². The molecule has 0 radical (unpaired) electrons. The van der Waals surface area contributed by atoms with Crippen LogP contribution in [0.25, 0.3) is 0 Å². The van der Waals surface area contributed by atoms with Gasteiger partial charge in [-0.3, -0.25) is 10.6 Å². The van der Waals surface area contributed by atoms with Crippen molar-refractivity contribution >= 4 is 0 Å². The molecule has 0 aliphatic carbocycles. The van der Waals surface area contributed by atoms with Crippen molar-refractivity contribution in [3.63, 3.8) is 0 Å². The molecule has 0 fully saturated rings. The van der Waals surface area contributed by atoms with Crippen LogP contribution in [-0.2, 0) is 0 Å². The zero-order valence-corrected chi connectivity index (χ0v) is 7.41. The van der Waals surface area contributed by atoms with Crippen molar-refractivity contribution in [1.29, 1.82) is 0 Å². The van der Waals surface area contributed by atoms with Gasteiger partial charge in [0.2, 0.25) is 0 Å². The van der Waals surface area contributed by atoms with E-state index in [1.807, 2.05) is 31.1 Å². The van der Waals surface area contributed by atoms with Crippen molar-refractivity contribution in [2.75, 3.05) is 20.7 Å². The molecule has 4 heteroatoms. The lowest BCUT2D eigenvalue weighted by molar-refractivity contribution is 0.150. The Morgan fingerprint density at radius 2 is 2.33 bits per heavy atom. The fourth-order valence-electron chi connectivity index (χ4n) is 1.15. The summed E-state index contributed by atoms with van der Waals surface area (Å²) in [7, 11) is 3.71. The zero-order valence-electron chi connectivity index (χ0n) is 7.41. The molecule has 0 saturated heterocycles. The molecule has 1 rings (SSSR count). The molecule has 0 aromatic rings. The summed E-state index contributed by atoms with van der Waals surface area (Å²) in [4.78, 5) is 1.82. The molecule has 4 nitrogen and oxygen atoms in total. The Kier molecular flexibility index (Phi) is 2.52. The Hall–Kier alpha value is -0.840. The van der Waals surface area contributed by atoms with Crippen molar-refractivity contribution in [3.05, 3.63) is 23.9 Å². The molecule has 0 amide bonds. The Balaban J connectivity index is 2.91. The third-order valence-corrected chi connectivity index (χ3v) is 2.06. The van der Waals surface area contributed by atoms with Gasteiger partial charge in [-0.1, -0.05) is 6.08 Å². The number of hydrogen-bond donors (Lipinski definition) is 3. The van der Waals surface area contributed by atoms with Crippen molar-refractivity contribution in [3.8, 4) is 0 Å². The standard InChI is InChI=1S/C8H15N3O/c1-11(2)8(9)7(6-12)4-3-5-10-8/h3-5,10,12H,6,9H2,1-2H3. The molecular formula is C8H15N3O. The molecule has 1 aliphatic heterocycles. The second kappa shape index (κ2) is 3.26. The molecule has 0 saturated carbocycles. The molecule has 1 unspecified atom stereocenters. The van der Waals surface area contributed by atoms with Gasteiger partial charge in [-0.25, -0.2) is 0 Å². The van der Waals surface area contributed by atoms with Gasteiger partial charge in [-0.2, -0.15) is 0 Å². The van der Waals surface area contributed by atoms with E-state index in [9.17, 15) is 0 Å². The van der Waals surface area contributed by atoms with Gasteiger partial charge in [0.25, 0.3) is 0 Å². The first-order valence-electron chi connectivity index (χ1n) is 3.82. The van der Waals surface area contributed by atoms with Crippen molar-refractivity contribution in [2.45, 2.75) is 5.79 Å². The van der Waals surface area contributed by atoms with E-state index < -0.39 is 5.79 Å². The minimum atomic E-state index is -0.747. The van der Waals surface area contributed by atoms with Crippen LogP contribution in [0.2, 0.25) is 0 Å². The number of aliphatic hydroxyl groups is 1. The van der Waals surface area contributed by atoms with Crippen LogP contribution < -0.4 is 11.1 Å². The number of likely N-dealkylation sites (N-methyl/N-ethyl adjacent to an activating group) is 1. The van der Waals surface area contributed by atoms with Crippen LogP contribution in [0.5, 0.6) is 0 Å². The first kappa shape index (κ1) is 9.25. The minimum Gasteiger partial charge on any atom is -0.392 e. The molecular weight excluding hydrogens is 154 g/mol. The van der Waals surface area contributed by atoms with E-state index in [1.165, 1.54) is 0 Å². The molecule has 0 aromatic heterocycles. The van der Waals surface area contributed by atoms with E-state index in [0.29, 0.717) is 0 Å². The first-order valence-corrected chi connectivity index (χ1v) is 3.82. The molecule has 0 spiro atoms. The van der Waals surface area contributed by atoms with Crippen molar-refractivity contribution in [1.82, 2.24) is 10.2 Å². The Morgan fingerprint density at radius 1 is 1.67 bits per heavy atom. The Labute approximate surface area is 72.4 Å². The third-order valence-electron chi connectivity index (χ3n) is 2.06. The van der Waals surface area contributed by atoms with Gasteiger partial charge in [-0.05, 0) is 26.4 Å². The van der Waals surface area contributed by atoms with Gasteiger partial charge in [0, 0.05) is 5.57 Å². The molecule has 0 bridgehead atoms. The quantitative estimate of drug-likeness (QED) is 0.473. The molecule has 68 valence electrons. The van der Waals surface area contributed by atoms with E-state index in [2.05, 4.69) is 5.32 Å². The third kappa shape index (κ3) is 1.36. The summed E-state index contributed by atoms with van der Waals surface area (Å²) in [5.41, 5.74) is 6.75. The molecule has 1 atom stereocenters. The number of nitrogens with zero attached hydrogens (tertiary/aromatic N) is 1. The van der Waals surface area contributed by atoms with Gasteiger partial charge in [0.05, 0.1) is 6.61 Å². The zero-order chi connectivity index (χ0) is 9.19. The summed E-state index contributed by atoms with van der Waals surface area (Å²) in [6.45, 7) is -0.0357. The van der Waals surface area contributed by atoms with Crippen LogP contribution in [0.1, 0.15) is 0 Å². The Bertz CT molecular complexity index is 222. The van der Waals surface area contributed by atoms with E-state index in [1.54, 1.807) is 6.20 Å². The van der Waals surface area contributed by atoms with Crippen molar-refractivity contribution < 1.29 is 5.11 Å². The van der Waals surface area contributed by atoms with E-state index >= 15 is 0 Å². The summed E-state index contributed by atoms with van der Waals surface area (Å²) in [6.07, 6.45) is 5.40. The molecule has 0 aromatic carbocycles. The fraction of sp³-hybridized carbons (Fsp3) is 0.500. The topological polar surface area (TPSA) is 61.5 Å². The maximum atomic E-state index is 9.03. The lowest BCUT2D eigenvalue weighted by atomic mass is 10.1. The largest absolute Gasteiger partial charge is 0.392 e. The van der Waals surface area contributed by atoms with Gasteiger partial charge in [0.1, 0.15) is 0 Å². The van der Waals surface area contributed by atoms with E-state index in [-0.39, 0.29) is 6.61 Å². The number of nitrogens with one attached hydrogen (secondary N) is 1. The average molecular weight is 169 g/mol. The highest BCUT2D eigenvalue weighted by atomic mass is 16.3. The van der Waals surface area contributed by atoms with Crippen LogP contribution in [0.15, 0.2) is 23.9 Å². The highest BCUT2D eigenvalue weighted by Gasteiger charge is 2.31. The predicted molar refractivity (Wildman–Crippen MR) is 48.0 cm³/mol. The maximum absolute atomic E-state index is 9.03. The van der Waals surface area contributed by atoms with Gasteiger partial charge >= 0.3 is 0 Å². The number of nitrogens with two attached hydrogens (primary N) is 1. The summed E-state index contributed by atoms with van der Waals surface area (Å²) in [5.74, 6) is -0.747. The van der Waals surface area contributed by atoms with Crippen LogP contribution >= 0.6 is 0 Å². The van der Waals surface area contributed by atoms with Gasteiger partial charge < -0.3 is 10.4 Å². The van der Waals surface area contributed by atoms with Crippen LogP contribution in [-0.4, -0.2) is 36.5 Å². The molecule has 4 N–H and O–H groups in total. The van der Waals surface area contributed by atoms with Crippen LogP contribution in [0.4, 0.5) is 0 Å². The SMILES string of the molecule is CN(C)C1(N)NC=CC=C1CO. The normalized spacial score (nSPS) is 28.6. The monoisotopic (exact) mass is 169 g/mol. The van der Waals surface area contributed by atoms with Gasteiger partial charge in [-0.15, -0.1) is 0 Å². The Morgan fingerprint density at radius 3 is 2.75 bits per heavy atom. The number of hydrogen-bond acceptors (Lipinski definition) is 4. The lowest BCUT2D eigenvalue weighted by Gasteiger charge is -2.39. The fourth-order valence-corrected chi connectivity index (χ4v) is 1.15. The molecule has 12 heavy (non-hydrogen) atoms. The smallest absolute Gasteiger partial charge is 0.168 e. The number of aliphatic hydroxyl groups excluding tert-OH is 1. The van der Waals surface area contributed by atoms with Crippen LogP contribution in [0, 0.1) is 0 Å². The van der Waals surface area contributed by atoms with Crippen molar-refractivity contribution in [2.24, 2.45) is 5.73 Å². The highest BCUT2D eigenvalue weighted by molar-refractivity contribution is 5.27. The summed E-state index contributed by atoms with van der Waals surface area (Å²) in [6, 6.07) is 0. The first-order chi connectivity index (χ1) is 5.61. The number of allylic oxidation sites excluding steroid dienone is 2. The summed E-state index contributed by atoms with van der Waals surface area (Å²) in [5, 5.41) is 12.0. The van der Waals surface area contributed by atoms with E-state index in [4.69, 9.17) is 10.8 Å².